The fraction of sp³-hybridized carbons (Fsp3) is 0.261. The van der Waals surface area contributed by atoms with Crippen LogP contribution in [-0.2, 0) is 12.8 Å². The zero-order valence-corrected chi connectivity index (χ0v) is 16.7. The van der Waals surface area contributed by atoms with E-state index in [0.29, 0.717) is 29.5 Å². The molecule has 2 heterocycles. The Kier molecular flexibility index (Phi) is 4.39. The fourth-order valence-corrected chi connectivity index (χ4v) is 4.83. The van der Waals surface area contributed by atoms with Crippen LogP contribution in [0, 0.1) is 11.6 Å². The summed E-state index contributed by atoms with van der Waals surface area (Å²) in [5.74, 6) is -2.51. The molecule has 0 spiro atoms. The number of carbonyl (C=O) groups is 1. The molecule has 3 aromatic rings. The maximum Gasteiger partial charge on any atom is 0.275 e. The zero-order valence-electron chi connectivity index (χ0n) is 16.7. The third-order valence-electron chi connectivity index (χ3n) is 6.27. The third-order valence-corrected chi connectivity index (χ3v) is 6.27. The van der Waals surface area contributed by atoms with Crippen molar-refractivity contribution in [1.82, 2.24) is 14.7 Å². The van der Waals surface area contributed by atoms with Gasteiger partial charge in [-0.25, -0.2) is 8.78 Å². The molecule has 1 aromatic heterocycles. The molecule has 5 rings (SSSR count). The number of halogens is 2. The standard InChI is InChI=1S/C23H19F2N3O3/c1-27-11-18(28-21(23(27)31)22(30)19(29)10-26-28)20-15-3-2-4-17(25)14(15)8-6-12-5-7-13(24)9-16(12)20/h2-5,7,9-10,18,20,30H,6,8,11H2,1H3/t18-,20+/m1/s1. The van der Waals surface area contributed by atoms with Crippen LogP contribution in [0.15, 0.2) is 47.4 Å². The zero-order chi connectivity index (χ0) is 21.9. The first kappa shape index (κ1) is 19.4. The Morgan fingerprint density at radius 3 is 2.71 bits per heavy atom. The SMILES string of the molecule is CN1C[C@H]([C@@H]2c3cc(F)ccc3CCc3c(F)cccc32)n2ncc(=O)c(O)c2C1=O. The minimum absolute atomic E-state index is 0.192. The predicted octanol–water partition coefficient (Wildman–Crippen LogP) is 2.78. The van der Waals surface area contributed by atoms with Crippen LogP contribution in [0.4, 0.5) is 8.78 Å². The molecule has 2 aromatic carbocycles. The number of rotatable bonds is 1. The van der Waals surface area contributed by atoms with Gasteiger partial charge in [-0.1, -0.05) is 18.2 Å². The van der Waals surface area contributed by atoms with Crippen molar-refractivity contribution in [3.63, 3.8) is 0 Å². The van der Waals surface area contributed by atoms with Gasteiger partial charge in [0.2, 0.25) is 5.43 Å². The molecule has 2 atom stereocenters. The van der Waals surface area contributed by atoms with Crippen LogP contribution < -0.4 is 5.43 Å². The summed E-state index contributed by atoms with van der Waals surface area (Å²) in [6.07, 6.45) is 1.95. The summed E-state index contributed by atoms with van der Waals surface area (Å²) in [6.45, 7) is 0.192. The van der Waals surface area contributed by atoms with Crippen LogP contribution in [0.3, 0.4) is 0 Å². The second-order valence-corrected chi connectivity index (χ2v) is 8.03. The summed E-state index contributed by atoms with van der Waals surface area (Å²) in [6, 6.07) is 8.77. The summed E-state index contributed by atoms with van der Waals surface area (Å²) in [5, 5.41) is 14.5. The lowest BCUT2D eigenvalue weighted by Gasteiger charge is -2.38. The average Bonchev–Trinajstić information content (AvgIpc) is 2.90. The minimum atomic E-state index is -0.757. The maximum atomic E-state index is 14.8. The lowest BCUT2D eigenvalue weighted by atomic mass is 9.81. The second kappa shape index (κ2) is 7.01. The highest BCUT2D eigenvalue weighted by molar-refractivity contribution is 5.95. The van der Waals surface area contributed by atoms with E-state index < -0.39 is 34.9 Å². The first-order valence-electron chi connectivity index (χ1n) is 9.98. The summed E-state index contributed by atoms with van der Waals surface area (Å²) in [7, 11) is 1.56. The molecule has 0 bridgehead atoms. The first-order valence-corrected chi connectivity index (χ1v) is 9.98. The van der Waals surface area contributed by atoms with Gasteiger partial charge in [0.1, 0.15) is 11.6 Å². The molecule has 31 heavy (non-hydrogen) atoms. The monoisotopic (exact) mass is 423 g/mol. The van der Waals surface area contributed by atoms with E-state index in [2.05, 4.69) is 5.10 Å². The Morgan fingerprint density at radius 2 is 1.90 bits per heavy atom. The van der Waals surface area contributed by atoms with Gasteiger partial charge in [-0.15, -0.1) is 0 Å². The molecule has 6 nitrogen and oxygen atoms in total. The van der Waals surface area contributed by atoms with Crippen LogP contribution >= 0.6 is 0 Å². The quantitative estimate of drug-likeness (QED) is 0.653. The van der Waals surface area contributed by atoms with Crippen molar-refractivity contribution in [3.8, 4) is 5.75 Å². The molecule has 0 radical (unpaired) electrons. The molecule has 2 aliphatic rings. The fourth-order valence-electron chi connectivity index (χ4n) is 4.83. The third kappa shape index (κ3) is 2.93. The van der Waals surface area contributed by atoms with Crippen LogP contribution in [0.1, 0.15) is 44.7 Å². The van der Waals surface area contributed by atoms with E-state index in [0.717, 1.165) is 11.8 Å². The summed E-state index contributed by atoms with van der Waals surface area (Å²) in [4.78, 5) is 26.1. The molecule has 0 saturated carbocycles. The molecule has 1 aliphatic carbocycles. The topological polar surface area (TPSA) is 75.4 Å². The average molecular weight is 423 g/mol. The van der Waals surface area contributed by atoms with Crippen LogP contribution in [0.5, 0.6) is 5.75 Å². The van der Waals surface area contributed by atoms with Gasteiger partial charge < -0.3 is 10.0 Å². The molecule has 0 fully saturated rings. The molecule has 1 aliphatic heterocycles. The molecule has 8 heteroatoms. The van der Waals surface area contributed by atoms with Crippen molar-refractivity contribution in [2.75, 3.05) is 13.6 Å². The number of hydrogen-bond donors (Lipinski definition) is 1. The van der Waals surface area contributed by atoms with Gasteiger partial charge in [-0.05, 0) is 53.3 Å². The van der Waals surface area contributed by atoms with E-state index in [1.54, 1.807) is 19.2 Å². The number of fused-ring (bicyclic) bond motifs is 3. The highest BCUT2D eigenvalue weighted by Gasteiger charge is 2.40. The highest BCUT2D eigenvalue weighted by Crippen LogP contribution is 2.44. The predicted molar refractivity (Wildman–Crippen MR) is 108 cm³/mol. The smallest absolute Gasteiger partial charge is 0.275 e. The first-order chi connectivity index (χ1) is 14.9. The number of nitrogens with zero attached hydrogens (tertiary/aromatic N) is 3. The molecule has 0 unspecified atom stereocenters. The number of aromatic nitrogens is 2. The molecule has 0 saturated heterocycles. The van der Waals surface area contributed by atoms with Gasteiger partial charge in [0.15, 0.2) is 11.4 Å². The maximum absolute atomic E-state index is 14.8. The number of aromatic hydroxyl groups is 1. The normalized spacial score (nSPS) is 20.0. The van der Waals surface area contributed by atoms with Crippen LogP contribution in [0.2, 0.25) is 0 Å². The Morgan fingerprint density at radius 1 is 1.10 bits per heavy atom. The van der Waals surface area contributed by atoms with E-state index in [1.165, 1.54) is 27.8 Å². The number of hydrogen-bond acceptors (Lipinski definition) is 4. The summed E-state index contributed by atoms with van der Waals surface area (Å²) in [5.41, 5.74) is 1.81. The van der Waals surface area contributed by atoms with E-state index in [1.807, 2.05) is 6.07 Å². The lowest BCUT2D eigenvalue weighted by molar-refractivity contribution is 0.0686. The van der Waals surface area contributed by atoms with Crippen LogP contribution in [0.25, 0.3) is 0 Å². The van der Waals surface area contributed by atoms with E-state index in [-0.39, 0.29) is 18.1 Å². The van der Waals surface area contributed by atoms with Gasteiger partial charge in [0.25, 0.3) is 5.91 Å². The van der Waals surface area contributed by atoms with Gasteiger partial charge in [0, 0.05) is 19.5 Å². The van der Waals surface area contributed by atoms with Gasteiger partial charge in [-0.2, -0.15) is 5.10 Å². The number of carbonyl (C=O) groups excluding carboxylic acids is 1. The van der Waals surface area contributed by atoms with E-state index in [4.69, 9.17) is 0 Å². The molecular weight excluding hydrogens is 404 g/mol. The largest absolute Gasteiger partial charge is 0.502 e. The lowest BCUT2D eigenvalue weighted by Crippen LogP contribution is -2.45. The van der Waals surface area contributed by atoms with Crippen molar-refractivity contribution < 1.29 is 18.7 Å². The number of likely N-dealkylation sites (N-methyl/N-ethyl adjacent to an activating group) is 1. The number of aryl methyl sites for hydroxylation is 1. The van der Waals surface area contributed by atoms with Crippen molar-refractivity contribution >= 4 is 5.91 Å². The number of benzene rings is 2. The van der Waals surface area contributed by atoms with Gasteiger partial charge >= 0.3 is 0 Å². The van der Waals surface area contributed by atoms with Crippen molar-refractivity contribution in [2.45, 2.75) is 24.8 Å². The summed E-state index contributed by atoms with van der Waals surface area (Å²) < 4.78 is 30.5. The highest BCUT2D eigenvalue weighted by atomic mass is 19.1. The second-order valence-electron chi connectivity index (χ2n) is 8.03. The Hall–Kier alpha value is -3.55. The summed E-state index contributed by atoms with van der Waals surface area (Å²) >= 11 is 0. The molecular formula is C23H19F2N3O3. The van der Waals surface area contributed by atoms with Gasteiger partial charge in [0.05, 0.1) is 12.2 Å². The molecule has 1 amide bonds. The van der Waals surface area contributed by atoms with E-state index in [9.17, 15) is 23.5 Å². The van der Waals surface area contributed by atoms with Crippen molar-refractivity contribution in [3.05, 3.63) is 92.4 Å². The van der Waals surface area contributed by atoms with Crippen molar-refractivity contribution in [2.24, 2.45) is 0 Å². The Labute approximate surface area is 176 Å². The minimum Gasteiger partial charge on any atom is -0.502 e. The molecule has 158 valence electrons. The van der Waals surface area contributed by atoms with Crippen LogP contribution in [-0.4, -0.2) is 39.3 Å². The number of amides is 1. The molecule has 1 N–H and O–H groups in total. The van der Waals surface area contributed by atoms with Gasteiger partial charge in [-0.3, -0.25) is 14.3 Å². The van der Waals surface area contributed by atoms with Crippen molar-refractivity contribution in [1.29, 1.82) is 0 Å². The Balaban J connectivity index is 1.82. The van der Waals surface area contributed by atoms with E-state index >= 15 is 0 Å². The Bertz CT molecular complexity index is 1290.